The molecular formula is C11H14BrN. The molecule has 0 aliphatic carbocycles. The lowest BCUT2D eigenvalue weighted by Gasteiger charge is -2.05. The van der Waals surface area contributed by atoms with E-state index in [-0.39, 0.29) is 6.04 Å². The number of rotatable bonds is 2. The van der Waals surface area contributed by atoms with Crippen LogP contribution < -0.4 is 5.73 Å². The molecule has 0 heterocycles. The number of hydrogen-bond donors (Lipinski definition) is 1. The van der Waals surface area contributed by atoms with Gasteiger partial charge in [0.15, 0.2) is 0 Å². The van der Waals surface area contributed by atoms with Crippen LogP contribution in [0.15, 0.2) is 34.3 Å². The molecule has 1 aromatic rings. The van der Waals surface area contributed by atoms with Crippen LogP contribution in [0.1, 0.15) is 19.4 Å². The molecule has 0 bridgehead atoms. The highest BCUT2D eigenvalue weighted by Crippen LogP contribution is 2.19. The Kier molecular flexibility index (Phi) is 3.70. The van der Waals surface area contributed by atoms with Gasteiger partial charge in [-0.25, -0.2) is 0 Å². The minimum absolute atomic E-state index is 0.118. The van der Waals surface area contributed by atoms with Crippen LogP contribution >= 0.6 is 15.9 Å². The molecule has 1 aromatic carbocycles. The first kappa shape index (κ1) is 10.5. The molecule has 13 heavy (non-hydrogen) atoms. The van der Waals surface area contributed by atoms with Crippen LogP contribution in [-0.4, -0.2) is 6.04 Å². The number of hydrogen-bond acceptors (Lipinski definition) is 1. The lowest BCUT2D eigenvalue weighted by Crippen LogP contribution is -2.15. The van der Waals surface area contributed by atoms with Gasteiger partial charge in [0, 0.05) is 10.5 Å². The van der Waals surface area contributed by atoms with E-state index < -0.39 is 0 Å². The van der Waals surface area contributed by atoms with E-state index in [1.165, 1.54) is 11.1 Å². The summed E-state index contributed by atoms with van der Waals surface area (Å²) in [5.41, 5.74) is 8.12. The van der Waals surface area contributed by atoms with Crippen molar-refractivity contribution in [1.29, 1.82) is 0 Å². The fourth-order valence-electron chi connectivity index (χ4n) is 0.969. The van der Waals surface area contributed by atoms with Crippen LogP contribution in [0.4, 0.5) is 0 Å². The van der Waals surface area contributed by atoms with Gasteiger partial charge in [0.05, 0.1) is 0 Å². The first-order valence-corrected chi connectivity index (χ1v) is 5.09. The molecule has 2 heteroatoms. The molecule has 0 spiro atoms. The van der Waals surface area contributed by atoms with E-state index in [1.807, 2.05) is 32.0 Å². The summed E-state index contributed by atoms with van der Waals surface area (Å²) in [6.45, 7) is 4.03. The van der Waals surface area contributed by atoms with Gasteiger partial charge in [-0.1, -0.05) is 45.8 Å². The topological polar surface area (TPSA) is 26.0 Å². The van der Waals surface area contributed by atoms with E-state index in [4.69, 9.17) is 5.73 Å². The Morgan fingerprint density at radius 1 is 1.46 bits per heavy atom. The van der Waals surface area contributed by atoms with Crippen LogP contribution in [0, 0.1) is 0 Å². The maximum atomic E-state index is 5.75. The SMILES string of the molecule is C/C(=C\c1ccccc1Br)C(C)N. The van der Waals surface area contributed by atoms with Gasteiger partial charge >= 0.3 is 0 Å². The number of halogens is 1. The van der Waals surface area contributed by atoms with Gasteiger partial charge in [-0.05, 0) is 25.5 Å². The Morgan fingerprint density at radius 2 is 2.08 bits per heavy atom. The van der Waals surface area contributed by atoms with Crippen LogP contribution in [0.3, 0.4) is 0 Å². The molecule has 1 rings (SSSR count). The molecule has 1 atom stereocenters. The maximum absolute atomic E-state index is 5.75. The highest BCUT2D eigenvalue weighted by Gasteiger charge is 1.98. The Balaban J connectivity index is 2.97. The maximum Gasteiger partial charge on any atom is 0.0247 e. The first-order chi connectivity index (χ1) is 6.11. The molecule has 0 saturated carbocycles. The summed E-state index contributed by atoms with van der Waals surface area (Å²) in [6.07, 6.45) is 2.11. The molecule has 0 saturated heterocycles. The second-order valence-electron chi connectivity index (χ2n) is 3.20. The molecule has 0 aliphatic rings. The van der Waals surface area contributed by atoms with E-state index in [0.717, 1.165) is 4.47 Å². The second kappa shape index (κ2) is 4.58. The minimum Gasteiger partial charge on any atom is -0.324 e. The standard InChI is InChI=1S/C11H14BrN/c1-8(9(2)13)7-10-5-3-4-6-11(10)12/h3-7,9H,13H2,1-2H3/b8-7+. The summed E-state index contributed by atoms with van der Waals surface area (Å²) in [4.78, 5) is 0. The predicted molar refractivity (Wildman–Crippen MR) is 61.4 cm³/mol. The van der Waals surface area contributed by atoms with Crippen LogP contribution in [0.25, 0.3) is 6.08 Å². The van der Waals surface area contributed by atoms with Crippen molar-refractivity contribution in [2.45, 2.75) is 19.9 Å². The van der Waals surface area contributed by atoms with Crippen molar-refractivity contribution in [2.24, 2.45) is 5.73 Å². The monoisotopic (exact) mass is 239 g/mol. The molecule has 0 fully saturated rings. The van der Waals surface area contributed by atoms with E-state index >= 15 is 0 Å². The molecule has 0 amide bonds. The van der Waals surface area contributed by atoms with Crippen LogP contribution in [-0.2, 0) is 0 Å². The zero-order chi connectivity index (χ0) is 9.84. The van der Waals surface area contributed by atoms with E-state index in [9.17, 15) is 0 Å². The third-order valence-electron chi connectivity index (χ3n) is 2.01. The van der Waals surface area contributed by atoms with Gasteiger partial charge in [-0.15, -0.1) is 0 Å². The largest absolute Gasteiger partial charge is 0.324 e. The minimum atomic E-state index is 0.118. The van der Waals surface area contributed by atoms with Gasteiger partial charge in [0.25, 0.3) is 0 Å². The third kappa shape index (κ3) is 2.98. The Hall–Kier alpha value is -0.600. The Bertz CT molecular complexity index is 316. The predicted octanol–water partition coefficient (Wildman–Crippen LogP) is 3.20. The molecule has 0 aromatic heterocycles. The first-order valence-electron chi connectivity index (χ1n) is 4.29. The summed E-state index contributed by atoms with van der Waals surface area (Å²) in [6, 6.07) is 8.23. The van der Waals surface area contributed by atoms with Gasteiger partial charge in [0.2, 0.25) is 0 Å². The van der Waals surface area contributed by atoms with Crippen molar-refractivity contribution in [3.63, 3.8) is 0 Å². The van der Waals surface area contributed by atoms with E-state index in [2.05, 4.69) is 28.1 Å². The van der Waals surface area contributed by atoms with Gasteiger partial charge in [-0.3, -0.25) is 0 Å². The van der Waals surface area contributed by atoms with Crippen molar-refractivity contribution >= 4 is 22.0 Å². The number of nitrogens with two attached hydrogens (primary N) is 1. The molecule has 0 radical (unpaired) electrons. The third-order valence-corrected chi connectivity index (χ3v) is 2.73. The Labute approximate surface area is 87.8 Å². The van der Waals surface area contributed by atoms with Crippen molar-refractivity contribution in [2.75, 3.05) is 0 Å². The molecule has 1 unspecified atom stereocenters. The summed E-state index contributed by atoms with van der Waals surface area (Å²) in [5, 5.41) is 0. The molecule has 1 nitrogen and oxygen atoms in total. The fraction of sp³-hybridized carbons (Fsp3) is 0.273. The quantitative estimate of drug-likeness (QED) is 0.843. The summed E-state index contributed by atoms with van der Waals surface area (Å²) >= 11 is 3.49. The highest BCUT2D eigenvalue weighted by atomic mass is 79.9. The van der Waals surface area contributed by atoms with Crippen LogP contribution in [0.2, 0.25) is 0 Å². The van der Waals surface area contributed by atoms with Crippen molar-refractivity contribution < 1.29 is 0 Å². The molecule has 70 valence electrons. The summed E-state index contributed by atoms with van der Waals surface area (Å²) in [5.74, 6) is 0. The lowest BCUT2D eigenvalue weighted by molar-refractivity contribution is 0.868. The van der Waals surface area contributed by atoms with Gasteiger partial charge in [0.1, 0.15) is 0 Å². The highest BCUT2D eigenvalue weighted by molar-refractivity contribution is 9.10. The van der Waals surface area contributed by atoms with Crippen molar-refractivity contribution in [1.82, 2.24) is 0 Å². The zero-order valence-corrected chi connectivity index (χ0v) is 9.51. The summed E-state index contributed by atoms with van der Waals surface area (Å²) in [7, 11) is 0. The van der Waals surface area contributed by atoms with Crippen molar-refractivity contribution in [3.05, 3.63) is 39.9 Å². The fourth-order valence-corrected chi connectivity index (χ4v) is 1.37. The van der Waals surface area contributed by atoms with Gasteiger partial charge in [-0.2, -0.15) is 0 Å². The normalized spacial score (nSPS) is 14.3. The van der Waals surface area contributed by atoms with E-state index in [1.54, 1.807) is 0 Å². The van der Waals surface area contributed by atoms with Gasteiger partial charge < -0.3 is 5.73 Å². The van der Waals surface area contributed by atoms with Crippen molar-refractivity contribution in [3.8, 4) is 0 Å². The lowest BCUT2D eigenvalue weighted by atomic mass is 10.1. The molecule has 0 aliphatic heterocycles. The van der Waals surface area contributed by atoms with Crippen LogP contribution in [0.5, 0.6) is 0 Å². The smallest absolute Gasteiger partial charge is 0.0247 e. The average molecular weight is 240 g/mol. The van der Waals surface area contributed by atoms with E-state index in [0.29, 0.717) is 0 Å². The zero-order valence-electron chi connectivity index (χ0n) is 7.92. The summed E-state index contributed by atoms with van der Waals surface area (Å²) < 4.78 is 1.11. The second-order valence-corrected chi connectivity index (χ2v) is 4.05. The molecule has 2 N–H and O–H groups in total. The Morgan fingerprint density at radius 3 is 2.62 bits per heavy atom. The average Bonchev–Trinajstić information content (AvgIpc) is 2.08. The number of benzene rings is 1. The molecular weight excluding hydrogens is 226 g/mol.